The number of hydrogen-bond donors (Lipinski definition) is 2. The SMILES string of the molecule is C1CC2CC(C1)CC(N1C3CCCC1CCC3)C2.O=C(O)c1nc2ccccc2[nH]c1=O. The minimum absolute atomic E-state index is 0.463. The molecule has 2 saturated heterocycles. The number of carbonyl (C=O) groups is 1. The molecule has 4 aliphatic rings. The van der Waals surface area contributed by atoms with Gasteiger partial charge in [0.2, 0.25) is 5.69 Å². The Balaban J connectivity index is 0.000000140. The van der Waals surface area contributed by atoms with Gasteiger partial charge in [-0.2, -0.15) is 0 Å². The third kappa shape index (κ3) is 4.47. The van der Waals surface area contributed by atoms with E-state index in [2.05, 4.69) is 14.9 Å². The van der Waals surface area contributed by atoms with Gasteiger partial charge in [-0.25, -0.2) is 9.78 Å². The van der Waals surface area contributed by atoms with Gasteiger partial charge in [0.1, 0.15) is 0 Å². The zero-order valence-electron chi connectivity index (χ0n) is 18.8. The molecular weight excluding hydrogens is 402 g/mol. The molecule has 3 heterocycles. The average Bonchev–Trinajstić information content (AvgIpc) is 2.78. The Kier molecular flexibility index (Phi) is 6.31. The first-order valence-electron chi connectivity index (χ1n) is 12.6. The molecule has 6 nitrogen and oxygen atoms in total. The predicted molar refractivity (Wildman–Crippen MR) is 125 cm³/mol. The molecule has 2 saturated carbocycles. The Hall–Kier alpha value is -2.21. The van der Waals surface area contributed by atoms with Crippen LogP contribution in [0.5, 0.6) is 0 Å². The van der Waals surface area contributed by atoms with E-state index < -0.39 is 17.2 Å². The standard InChI is InChI=1S/C17H29N.C9H6N2O3/c1-4-13-10-14(5-1)12-17(11-13)18-15-6-2-7-16(18)9-3-8-15;12-8-7(9(13)14)10-5-3-1-2-4-6(5)11-8/h13-17H,1-12H2;1-4H,(H,11,12)(H,13,14). The van der Waals surface area contributed by atoms with Crippen molar-refractivity contribution in [1.82, 2.24) is 14.9 Å². The number of aromatic carboxylic acids is 1. The summed E-state index contributed by atoms with van der Waals surface area (Å²) in [4.78, 5) is 31.0. The summed E-state index contributed by atoms with van der Waals surface area (Å²) < 4.78 is 0. The van der Waals surface area contributed by atoms with Crippen molar-refractivity contribution in [2.45, 2.75) is 95.2 Å². The Labute approximate surface area is 189 Å². The van der Waals surface area contributed by atoms with Crippen LogP contribution in [0.2, 0.25) is 0 Å². The van der Waals surface area contributed by atoms with Crippen LogP contribution in [0.25, 0.3) is 11.0 Å². The summed E-state index contributed by atoms with van der Waals surface area (Å²) >= 11 is 0. The minimum atomic E-state index is -1.32. The van der Waals surface area contributed by atoms with Crippen LogP contribution in [0.1, 0.15) is 87.5 Å². The lowest BCUT2D eigenvalue weighted by atomic mass is 9.68. The molecule has 4 bridgehead atoms. The van der Waals surface area contributed by atoms with E-state index in [0.29, 0.717) is 11.0 Å². The molecule has 2 atom stereocenters. The zero-order valence-corrected chi connectivity index (χ0v) is 18.8. The van der Waals surface area contributed by atoms with E-state index in [1.54, 1.807) is 56.4 Å². The highest BCUT2D eigenvalue weighted by atomic mass is 16.4. The molecule has 172 valence electrons. The van der Waals surface area contributed by atoms with Crippen molar-refractivity contribution in [3.8, 4) is 0 Å². The number of fused-ring (bicyclic) bond motifs is 5. The first kappa shape index (κ1) is 21.6. The minimum Gasteiger partial charge on any atom is -0.476 e. The Morgan fingerprint density at radius 2 is 1.47 bits per heavy atom. The molecule has 1 aromatic heterocycles. The molecular formula is C26H35N3O3. The zero-order chi connectivity index (χ0) is 22.1. The lowest BCUT2D eigenvalue weighted by molar-refractivity contribution is -0.0352. The van der Waals surface area contributed by atoms with Crippen molar-refractivity contribution in [1.29, 1.82) is 0 Å². The molecule has 2 aliphatic heterocycles. The molecule has 6 heteroatoms. The van der Waals surface area contributed by atoms with Gasteiger partial charge in [-0.05, 0) is 68.9 Å². The fourth-order valence-corrected chi connectivity index (χ4v) is 7.07. The van der Waals surface area contributed by atoms with Gasteiger partial charge in [-0.1, -0.05) is 44.2 Å². The number of carboxylic acid groups (broad SMARTS) is 1. The second-order valence-corrected chi connectivity index (χ2v) is 10.4. The number of piperidine rings is 2. The van der Waals surface area contributed by atoms with Crippen molar-refractivity contribution >= 4 is 17.0 Å². The fraction of sp³-hybridized carbons (Fsp3) is 0.654. The topological polar surface area (TPSA) is 86.3 Å². The molecule has 6 rings (SSSR count). The normalized spacial score (nSPS) is 32.1. The van der Waals surface area contributed by atoms with Gasteiger partial charge >= 0.3 is 5.97 Å². The Morgan fingerprint density at radius 1 is 0.875 bits per heavy atom. The summed E-state index contributed by atoms with van der Waals surface area (Å²) in [5, 5.41) is 8.64. The van der Waals surface area contributed by atoms with Crippen molar-refractivity contribution in [2.24, 2.45) is 11.8 Å². The summed E-state index contributed by atoms with van der Waals surface area (Å²) in [6.07, 6.45) is 18.4. The number of benzene rings is 1. The van der Waals surface area contributed by atoms with Gasteiger partial charge in [0.25, 0.3) is 5.56 Å². The van der Waals surface area contributed by atoms with Crippen LogP contribution in [0.15, 0.2) is 29.1 Å². The fourth-order valence-electron chi connectivity index (χ4n) is 7.07. The number of nitrogens with one attached hydrogen (secondary N) is 1. The average molecular weight is 438 g/mol. The van der Waals surface area contributed by atoms with Crippen LogP contribution in [-0.4, -0.2) is 44.1 Å². The highest BCUT2D eigenvalue weighted by Gasteiger charge is 2.42. The third-order valence-corrected chi connectivity index (χ3v) is 8.32. The van der Waals surface area contributed by atoms with Crippen molar-refractivity contribution in [3.05, 3.63) is 40.3 Å². The number of aromatic amines is 1. The molecule has 2 aromatic rings. The van der Waals surface area contributed by atoms with E-state index in [0.717, 1.165) is 30.0 Å². The smallest absolute Gasteiger partial charge is 0.360 e. The monoisotopic (exact) mass is 437 g/mol. The van der Waals surface area contributed by atoms with Crippen molar-refractivity contribution in [3.63, 3.8) is 0 Å². The third-order valence-electron chi connectivity index (χ3n) is 8.32. The number of aromatic nitrogens is 2. The second kappa shape index (κ2) is 9.34. The maximum absolute atomic E-state index is 11.2. The number of H-pyrrole nitrogens is 1. The molecule has 0 amide bonds. The van der Waals surface area contributed by atoms with Gasteiger partial charge in [0, 0.05) is 18.1 Å². The summed E-state index contributed by atoms with van der Waals surface area (Å²) in [5.74, 6) is 0.882. The number of para-hydroxylation sites is 2. The largest absolute Gasteiger partial charge is 0.476 e. The van der Waals surface area contributed by atoms with E-state index in [4.69, 9.17) is 5.11 Å². The van der Waals surface area contributed by atoms with E-state index in [9.17, 15) is 9.59 Å². The lowest BCUT2D eigenvalue weighted by Crippen LogP contribution is -2.56. The van der Waals surface area contributed by atoms with Gasteiger partial charge in [-0.3, -0.25) is 9.69 Å². The maximum Gasteiger partial charge on any atom is 0.360 e. The highest BCUT2D eigenvalue weighted by Crippen LogP contribution is 2.45. The van der Waals surface area contributed by atoms with Crippen LogP contribution in [0.3, 0.4) is 0 Å². The molecule has 1 aromatic carbocycles. The molecule has 4 fully saturated rings. The van der Waals surface area contributed by atoms with E-state index >= 15 is 0 Å². The maximum atomic E-state index is 11.2. The molecule has 2 N–H and O–H groups in total. The van der Waals surface area contributed by atoms with E-state index in [1.807, 2.05) is 0 Å². The second-order valence-electron chi connectivity index (χ2n) is 10.4. The van der Waals surface area contributed by atoms with Gasteiger partial charge in [-0.15, -0.1) is 0 Å². The van der Waals surface area contributed by atoms with E-state index in [-0.39, 0.29) is 0 Å². The highest BCUT2D eigenvalue weighted by molar-refractivity contribution is 5.87. The number of carboxylic acids is 1. The predicted octanol–water partition coefficient (Wildman–Crippen LogP) is 4.98. The summed E-state index contributed by atoms with van der Waals surface area (Å²) in [5.41, 5.74) is -0.174. The first-order chi connectivity index (χ1) is 15.6. The number of nitrogens with zero attached hydrogens (tertiary/aromatic N) is 2. The molecule has 0 radical (unpaired) electrons. The molecule has 32 heavy (non-hydrogen) atoms. The molecule has 0 spiro atoms. The van der Waals surface area contributed by atoms with Gasteiger partial charge in [0.05, 0.1) is 11.0 Å². The van der Waals surface area contributed by atoms with Crippen LogP contribution >= 0.6 is 0 Å². The first-order valence-corrected chi connectivity index (χ1v) is 12.6. The van der Waals surface area contributed by atoms with Gasteiger partial charge in [0.15, 0.2) is 0 Å². The van der Waals surface area contributed by atoms with E-state index in [1.165, 1.54) is 44.9 Å². The number of hydrogen-bond acceptors (Lipinski definition) is 4. The van der Waals surface area contributed by atoms with Crippen LogP contribution < -0.4 is 5.56 Å². The van der Waals surface area contributed by atoms with Crippen molar-refractivity contribution < 1.29 is 9.90 Å². The summed E-state index contributed by atoms with van der Waals surface area (Å²) in [7, 11) is 0. The molecule has 2 aliphatic carbocycles. The quantitative estimate of drug-likeness (QED) is 0.692. The van der Waals surface area contributed by atoms with Gasteiger partial charge < -0.3 is 10.1 Å². The Morgan fingerprint density at radius 3 is 2.09 bits per heavy atom. The summed E-state index contributed by atoms with van der Waals surface area (Å²) in [6.45, 7) is 0. The summed E-state index contributed by atoms with van der Waals surface area (Å²) in [6, 6.07) is 9.72. The van der Waals surface area contributed by atoms with Crippen LogP contribution in [0.4, 0.5) is 0 Å². The van der Waals surface area contributed by atoms with Crippen molar-refractivity contribution in [2.75, 3.05) is 0 Å². The van der Waals surface area contributed by atoms with Crippen LogP contribution in [-0.2, 0) is 0 Å². The Bertz CT molecular complexity index is 985. The van der Waals surface area contributed by atoms with Crippen LogP contribution in [0, 0.1) is 11.8 Å². The lowest BCUT2D eigenvalue weighted by Gasteiger charge is -2.53. The molecule has 2 unspecified atom stereocenters. The number of rotatable bonds is 2.